The van der Waals surface area contributed by atoms with E-state index in [2.05, 4.69) is 25.1 Å². The number of hydrogen-bond acceptors (Lipinski definition) is 4. The summed E-state index contributed by atoms with van der Waals surface area (Å²) in [6, 6.07) is 7.17. The first-order valence-corrected chi connectivity index (χ1v) is 10.3. The Morgan fingerprint density at radius 3 is 2.38 bits per heavy atom. The molecule has 1 aliphatic heterocycles. The van der Waals surface area contributed by atoms with Crippen LogP contribution in [0.2, 0.25) is 0 Å². The summed E-state index contributed by atoms with van der Waals surface area (Å²) in [5.41, 5.74) is 1.15. The third kappa shape index (κ3) is 5.07. The van der Waals surface area contributed by atoms with Gasteiger partial charge in [-0.2, -0.15) is 4.31 Å². The van der Waals surface area contributed by atoms with Gasteiger partial charge in [-0.05, 0) is 30.0 Å². The Kier molecular flexibility index (Phi) is 7.21. The topological polar surface area (TPSA) is 69.7 Å². The Labute approximate surface area is 156 Å². The van der Waals surface area contributed by atoms with Gasteiger partial charge in [0.1, 0.15) is 0 Å². The highest BCUT2D eigenvalue weighted by molar-refractivity contribution is 7.89. The van der Waals surface area contributed by atoms with Gasteiger partial charge in [0.15, 0.2) is 0 Å². The SMILES string of the molecule is C#CCNC(=O)CN1CCN(S(=O)(=O)c2ccc([C@@H](C)CC)cc2)CC1. The lowest BCUT2D eigenvalue weighted by molar-refractivity contribution is -0.122. The molecule has 1 N–H and O–H groups in total. The monoisotopic (exact) mass is 377 g/mol. The maximum absolute atomic E-state index is 12.8. The van der Waals surface area contributed by atoms with E-state index in [4.69, 9.17) is 6.42 Å². The molecular weight excluding hydrogens is 350 g/mol. The van der Waals surface area contributed by atoms with Crippen molar-refractivity contribution >= 4 is 15.9 Å². The van der Waals surface area contributed by atoms with Crippen LogP contribution in [0.15, 0.2) is 29.2 Å². The van der Waals surface area contributed by atoms with E-state index in [-0.39, 0.29) is 19.0 Å². The van der Waals surface area contributed by atoms with E-state index >= 15 is 0 Å². The molecular formula is C19H27N3O3S. The van der Waals surface area contributed by atoms with Crippen LogP contribution in [0.4, 0.5) is 0 Å². The molecule has 0 radical (unpaired) electrons. The van der Waals surface area contributed by atoms with E-state index in [1.165, 1.54) is 4.31 Å². The van der Waals surface area contributed by atoms with Crippen molar-refractivity contribution in [3.63, 3.8) is 0 Å². The standard InChI is InChI=1S/C19H27N3O3S/c1-4-10-20-19(23)15-21-11-13-22(14-12-21)26(24,25)18-8-6-17(7-9-18)16(3)5-2/h1,6-9,16H,5,10-15H2,2-3H3,(H,20,23)/t16-/m0/s1. The van der Waals surface area contributed by atoms with Crippen LogP contribution in [0.5, 0.6) is 0 Å². The first-order valence-electron chi connectivity index (χ1n) is 8.91. The second-order valence-corrected chi connectivity index (χ2v) is 8.48. The van der Waals surface area contributed by atoms with E-state index in [0.717, 1.165) is 12.0 Å². The predicted molar refractivity (Wildman–Crippen MR) is 102 cm³/mol. The van der Waals surface area contributed by atoms with Gasteiger partial charge in [-0.25, -0.2) is 8.42 Å². The van der Waals surface area contributed by atoms with Crippen molar-refractivity contribution in [3.05, 3.63) is 29.8 Å². The molecule has 2 rings (SSSR count). The van der Waals surface area contributed by atoms with Crippen LogP contribution in [-0.2, 0) is 14.8 Å². The number of rotatable bonds is 7. The summed E-state index contributed by atoms with van der Waals surface area (Å²) < 4.78 is 27.1. The molecule has 1 fully saturated rings. The zero-order chi connectivity index (χ0) is 19.2. The highest BCUT2D eigenvalue weighted by atomic mass is 32.2. The number of carbonyl (C=O) groups is 1. The van der Waals surface area contributed by atoms with Crippen LogP contribution in [0.25, 0.3) is 0 Å². The normalized spacial score (nSPS) is 17.4. The van der Waals surface area contributed by atoms with Gasteiger partial charge in [-0.1, -0.05) is 31.9 Å². The molecule has 1 amide bonds. The Morgan fingerprint density at radius 1 is 1.23 bits per heavy atom. The number of nitrogens with one attached hydrogen (secondary N) is 1. The maximum Gasteiger partial charge on any atom is 0.243 e. The quantitative estimate of drug-likeness (QED) is 0.726. The van der Waals surface area contributed by atoms with Gasteiger partial charge in [0.25, 0.3) is 0 Å². The lowest BCUT2D eigenvalue weighted by Gasteiger charge is -2.33. The van der Waals surface area contributed by atoms with Crippen molar-refractivity contribution in [1.29, 1.82) is 0 Å². The minimum atomic E-state index is -3.50. The van der Waals surface area contributed by atoms with Crippen LogP contribution < -0.4 is 5.32 Å². The summed E-state index contributed by atoms with van der Waals surface area (Å²) in [6.45, 7) is 6.47. The summed E-state index contributed by atoms with van der Waals surface area (Å²) in [5, 5.41) is 2.62. The number of terminal acetylenes is 1. The number of sulfonamides is 1. The molecule has 1 aromatic rings. The van der Waals surface area contributed by atoms with Crippen molar-refractivity contribution in [2.45, 2.75) is 31.1 Å². The average molecular weight is 378 g/mol. The molecule has 1 aliphatic rings. The number of amides is 1. The first-order chi connectivity index (χ1) is 12.4. The van der Waals surface area contributed by atoms with Crippen LogP contribution in [0.1, 0.15) is 31.7 Å². The third-order valence-corrected chi connectivity index (χ3v) is 6.70. The third-order valence-electron chi connectivity index (χ3n) is 4.79. The molecule has 1 aromatic carbocycles. The summed E-state index contributed by atoms with van der Waals surface area (Å²) in [7, 11) is -3.50. The van der Waals surface area contributed by atoms with Gasteiger partial charge in [0, 0.05) is 26.2 Å². The lowest BCUT2D eigenvalue weighted by atomic mass is 9.99. The van der Waals surface area contributed by atoms with Gasteiger partial charge in [-0.3, -0.25) is 9.69 Å². The molecule has 7 heteroatoms. The molecule has 0 aliphatic carbocycles. The smallest absolute Gasteiger partial charge is 0.243 e. The van der Waals surface area contributed by atoms with Crippen molar-refractivity contribution in [1.82, 2.24) is 14.5 Å². The highest BCUT2D eigenvalue weighted by Gasteiger charge is 2.29. The first kappa shape index (κ1) is 20.4. The number of benzene rings is 1. The maximum atomic E-state index is 12.8. The molecule has 0 saturated carbocycles. The molecule has 0 aromatic heterocycles. The van der Waals surface area contributed by atoms with Gasteiger partial charge in [-0.15, -0.1) is 6.42 Å². The summed E-state index contributed by atoms with van der Waals surface area (Å²) in [6.07, 6.45) is 6.13. The van der Waals surface area contributed by atoms with Crippen molar-refractivity contribution in [2.24, 2.45) is 0 Å². The van der Waals surface area contributed by atoms with E-state index in [0.29, 0.717) is 37.0 Å². The Bertz CT molecular complexity index is 745. The minimum absolute atomic E-state index is 0.139. The van der Waals surface area contributed by atoms with Crippen LogP contribution in [0, 0.1) is 12.3 Å². The second kappa shape index (κ2) is 9.17. The van der Waals surface area contributed by atoms with Crippen LogP contribution >= 0.6 is 0 Å². The molecule has 0 spiro atoms. The molecule has 0 bridgehead atoms. The molecule has 1 atom stereocenters. The van der Waals surface area contributed by atoms with E-state index < -0.39 is 10.0 Å². The Morgan fingerprint density at radius 2 is 1.85 bits per heavy atom. The molecule has 26 heavy (non-hydrogen) atoms. The lowest BCUT2D eigenvalue weighted by Crippen LogP contribution is -2.51. The second-order valence-electron chi connectivity index (χ2n) is 6.54. The summed E-state index contributed by atoms with van der Waals surface area (Å²) in [4.78, 5) is 14.0. The number of carbonyl (C=O) groups excluding carboxylic acids is 1. The van der Waals surface area contributed by atoms with Gasteiger partial charge < -0.3 is 5.32 Å². The predicted octanol–water partition coefficient (Wildman–Crippen LogP) is 1.26. The molecule has 6 nitrogen and oxygen atoms in total. The fraction of sp³-hybridized carbons (Fsp3) is 0.526. The fourth-order valence-corrected chi connectivity index (χ4v) is 4.31. The molecule has 0 unspecified atom stereocenters. The van der Waals surface area contributed by atoms with Crippen LogP contribution in [-0.4, -0.2) is 62.8 Å². The Balaban J connectivity index is 1.95. The van der Waals surface area contributed by atoms with Crippen molar-refractivity contribution in [2.75, 3.05) is 39.3 Å². The molecule has 1 heterocycles. The van der Waals surface area contributed by atoms with E-state index in [1.807, 2.05) is 17.0 Å². The largest absolute Gasteiger partial charge is 0.344 e. The number of hydrogen-bond donors (Lipinski definition) is 1. The van der Waals surface area contributed by atoms with Gasteiger partial charge >= 0.3 is 0 Å². The zero-order valence-electron chi connectivity index (χ0n) is 15.4. The van der Waals surface area contributed by atoms with Gasteiger partial charge in [0.2, 0.25) is 15.9 Å². The van der Waals surface area contributed by atoms with Gasteiger partial charge in [0.05, 0.1) is 18.0 Å². The number of nitrogens with zero attached hydrogens (tertiary/aromatic N) is 2. The van der Waals surface area contributed by atoms with E-state index in [1.54, 1.807) is 12.1 Å². The summed E-state index contributed by atoms with van der Waals surface area (Å²) >= 11 is 0. The van der Waals surface area contributed by atoms with Crippen molar-refractivity contribution in [3.8, 4) is 12.3 Å². The van der Waals surface area contributed by atoms with Crippen LogP contribution in [0.3, 0.4) is 0 Å². The zero-order valence-corrected chi connectivity index (χ0v) is 16.3. The van der Waals surface area contributed by atoms with Crippen molar-refractivity contribution < 1.29 is 13.2 Å². The molecule has 142 valence electrons. The molecule has 1 saturated heterocycles. The Hall–Kier alpha value is -1.88. The fourth-order valence-electron chi connectivity index (χ4n) is 2.89. The highest BCUT2D eigenvalue weighted by Crippen LogP contribution is 2.23. The van der Waals surface area contributed by atoms with E-state index in [9.17, 15) is 13.2 Å². The minimum Gasteiger partial charge on any atom is -0.344 e. The number of piperazine rings is 1. The summed E-state index contributed by atoms with van der Waals surface area (Å²) in [5.74, 6) is 2.63. The average Bonchev–Trinajstić information content (AvgIpc) is 2.66.